The molecule has 11 nitrogen and oxygen atoms in total. The zero-order valence-electron chi connectivity index (χ0n) is 21.8. The number of halogens is 2. The van der Waals surface area contributed by atoms with Crippen molar-refractivity contribution in [1.82, 2.24) is 8.61 Å². The molecule has 15 heteroatoms. The third kappa shape index (κ3) is 5.63. The monoisotopic (exact) mass is 616 g/mol. The standard InChI is InChI=1S/C13H14FNO5S.C13H16FNO4S/c14-9-1-3-10(4-2-9)21(18,19)15-11(13(16)17)5-8-6-20-7-12(8)15;14-10-1-3-12(4-2-10)20(17,18)15-11(6-16)5-9-7-19-8-13(9)15/h1-4,8,11-12H,5-7H2,(H,16,17);1-4,9,11,13,16H,5-8H2. The summed E-state index contributed by atoms with van der Waals surface area (Å²) in [6.07, 6.45) is 0.835. The summed E-state index contributed by atoms with van der Waals surface area (Å²) in [5, 5.41) is 18.7. The number of ether oxygens (including phenoxy) is 2. The van der Waals surface area contributed by atoms with Crippen molar-refractivity contribution in [3.05, 3.63) is 60.2 Å². The van der Waals surface area contributed by atoms with Crippen LogP contribution in [0.5, 0.6) is 0 Å². The number of carbonyl (C=O) groups is 1. The Hall–Kier alpha value is -2.53. The molecule has 0 aromatic heterocycles. The van der Waals surface area contributed by atoms with E-state index in [-0.39, 0.29) is 47.3 Å². The van der Waals surface area contributed by atoms with Crippen LogP contribution in [0.1, 0.15) is 12.8 Å². The summed E-state index contributed by atoms with van der Waals surface area (Å²) < 4.78 is 89.6. The lowest BCUT2D eigenvalue weighted by Gasteiger charge is -2.27. The van der Waals surface area contributed by atoms with Crippen molar-refractivity contribution in [3.63, 3.8) is 0 Å². The van der Waals surface area contributed by atoms with E-state index < -0.39 is 55.8 Å². The molecule has 6 rings (SSSR count). The number of hydrogen-bond acceptors (Lipinski definition) is 8. The van der Waals surface area contributed by atoms with Crippen LogP contribution in [0.3, 0.4) is 0 Å². The van der Waals surface area contributed by atoms with E-state index in [9.17, 15) is 40.6 Å². The minimum absolute atomic E-state index is 0.0462. The number of rotatable bonds is 6. The number of carboxylic acid groups (broad SMARTS) is 1. The summed E-state index contributed by atoms with van der Waals surface area (Å²) in [7, 11) is -7.74. The zero-order valence-corrected chi connectivity index (χ0v) is 23.4. The predicted molar refractivity (Wildman–Crippen MR) is 139 cm³/mol. The van der Waals surface area contributed by atoms with Gasteiger partial charge in [-0.1, -0.05) is 0 Å². The summed E-state index contributed by atoms with van der Waals surface area (Å²) in [5.41, 5.74) is 0. The fourth-order valence-electron chi connectivity index (χ4n) is 6.07. The lowest BCUT2D eigenvalue weighted by atomic mass is 10.0. The van der Waals surface area contributed by atoms with E-state index in [0.717, 1.165) is 40.7 Å². The normalized spacial score (nSPS) is 30.0. The van der Waals surface area contributed by atoms with Gasteiger partial charge < -0.3 is 19.7 Å². The molecule has 4 heterocycles. The molecule has 6 unspecified atom stereocenters. The summed E-state index contributed by atoms with van der Waals surface area (Å²) in [6.45, 7) is 1.21. The maximum absolute atomic E-state index is 12.9. The highest BCUT2D eigenvalue weighted by molar-refractivity contribution is 7.89. The van der Waals surface area contributed by atoms with Gasteiger partial charge in [-0.2, -0.15) is 8.61 Å². The van der Waals surface area contributed by atoms with Crippen LogP contribution in [-0.2, 0) is 34.3 Å². The van der Waals surface area contributed by atoms with E-state index >= 15 is 0 Å². The van der Waals surface area contributed by atoms with Gasteiger partial charge in [-0.25, -0.2) is 25.6 Å². The minimum Gasteiger partial charge on any atom is -0.480 e. The predicted octanol–water partition coefficient (Wildman–Crippen LogP) is 1.28. The van der Waals surface area contributed by atoms with E-state index in [2.05, 4.69) is 0 Å². The molecule has 224 valence electrons. The Morgan fingerprint density at radius 3 is 1.66 bits per heavy atom. The summed E-state index contributed by atoms with van der Waals surface area (Å²) in [4.78, 5) is 11.3. The summed E-state index contributed by atoms with van der Waals surface area (Å²) >= 11 is 0. The van der Waals surface area contributed by atoms with Gasteiger partial charge in [0, 0.05) is 17.9 Å². The molecule has 2 aromatic carbocycles. The van der Waals surface area contributed by atoms with Crippen LogP contribution in [0.15, 0.2) is 58.3 Å². The van der Waals surface area contributed by atoms with Gasteiger partial charge >= 0.3 is 5.97 Å². The lowest BCUT2D eigenvalue weighted by molar-refractivity contribution is -0.141. The molecule has 4 saturated heterocycles. The Kier molecular flexibility index (Phi) is 8.49. The third-order valence-corrected chi connectivity index (χ3v) is 12.0. The number of hydrogen-bond donors (Lipinski definition) is 2. The lowest BCUT2D eigenvalue weighted by Crippen LogP contribution is -2.46. The number of sulfonamides is 2. The molecule has 0 aliphatic carbocycles. The van der Waals surface area contributed by atoms with Crippen LogP contribution in [-0.4, -0.2) is 98.8 Å². The SMILES string of the molecule is O=C(O)C1CC2COCC2N1S(=O)(=O)c1ccc(F)cc1.O=S(=O)(c1ccc(F)cc1)N1C(CO)CC2COCC21. The number of benzene rings is 2. The van der Waals surface area contributed by atoms with Crippen LogP contribution in [0.4, 0.5) is 8.78 Å². The molecular weight excluding hydrogens is 586 g/mol. The van der Waals surface area contributed by atoms with Crippen molar-refractivity contribution in [2.75, 3.05) is 33.0 Å². The Balaban J connectivity index is 0.000000165. The number of aliphatic hydroxyl groups is 1. The molecule has 4 aliphatic heterocycles. The van der Waals surface area contributed by atoms with Crippen molar-refractivity contribution >= 4 is 26.0 Å². The van der Waals surface area contributed by atoms with Crippen LogP contribution in [0, 0.1) is 23.5 Å². The number of carboxylic acids is 1. The zero-order chi connectivity index (χ0) is 29.5. The van der Waals surface area contributed by atoms with Crippen LogP contribution in [0.25, 0.3) is 0 Å². The molecule has 4 fully saturated rings. The van der Waals surface area contributed by atoms with Gasteiger partial charge in [0.1, 0.15) is 17.7 Å². The van der Waals surface area contributed by atoms with E-state index in [1.165, 1.54) is 16.4 Å². The summed E-state index contributed by atoms with van der Waals surface area (Å²) in [5.74, 6) is -2.18. The highest BCUT2D eigenvalue weighted by Crippen LogP contribution is 2.39. The molecule has 0 spiro atoms. The second-order valence-electron chi connectivity index (χ2n) is 10.5. The molecule has 2 N–H and O–H groups in total. The van der Waals surface area contributed by atoms with Crippen molar-refractivity contribution in [2.24, 2.45) is 11.8 Å². The molecule has 2 aromatic rings. The largest absolute Gasteiger partial charge is 0.480 e. The molecule has 0 bridgehead atoms. The quantitative estimate of drug-likeness (QED) is 0.489. The molecule has 4 aliphatic rings. The van der Waals surface area contributed by atoms with E-state index in [0.29, 0.717) is 26.2 Å². The van der Waals surface area contributed by atoms with Crippen molar-refractivity contribution in [1.29, 1.82) is 0 Å². The molecule has 41 heavy (non-hydrogen) atoms. The smallest absolute Gasteiger partial charge is 0.322 e. The van der Waals surface area contributed by atoms with Crippen molar-refractivity contribution in [2.45, 2.75) is 46.8 Å². The van der Waals surface area contributed by atoms with Gasteiger partial charge in [0.25, 0.3) is 0 Å². The van der Waals surface area contributed by atoms with Gasteiger partial charge in [0.15, 0.2) is 0 Å². The van der Waals surface area contributed by atoms with Crippen LogP contribution < -0.4 is 0 Å². The highest BCUT2D eigenvalue weighted by Gasteiger charge is 2.53. The number of fused-ring (bicyclic) bond motifs is 2. The first-order valence-electron chi connectivity index (χ1n) is 13.0. The molecule has 0 saturated carbocycles. The van der Waals surface area contributed by atoms with Crippen molar-refractivity contribution in [3.8, 4) is 0 Å². The van der Waals surface area contributed by atoms with E-state index in [1.807, 2.05) is 0 Å². The van der Waals surface area contributed by atoms with Gasteiger partial charge in [-0.05, 0) is 61.4 Å². The van der Waals surface area contributed by atoms with Crippen LogP contribution in [0.2, 0.25) is 0 Å². The number of aliphatic carboxylic acids is 1. The van der Waals surface area contributed by atoms with E-state index in [1.54, 1.807) is 0 Å². The van der Waals surface area contributed by atoms with Gasteiger partial charge in [0.05, 0.1) is 54.9 Å². The highest BCUT2D eigenvalue weighted by atomic mass is 32.2. The maximum atomic E-state index is 12.9. The molecule has 0 amide bonds. The topological polar surface area (TPSA) is 151 Å². The fraction of sp³-hybridized carbons (Fsp3) is 0.500. The molecular formula is C26H30F2N2O9S2. The maximum Gasteiger partial charge on any atom is 0.322 e. The number of aliphatic hydroxyl groups excluding tert-OH is 1. The Morgan fingerprint density at radius 1 is 0.756 bits per heavy atom. The van der Waals surface area contributed by atoms with Crippen LogP contribution >= 0.6 is 0 Å². The number of nitrogens with zero attached hydrogens (tertiary/aromatic N) is 2. The Bertz CT molecular complexity index is 1470. The first kappa shape index (κ1) is 29.9. The Labute approximate surface area is 236 Å². The average Bonchev–Trinajstić information content (AvgIpc) is 3.69. The summed E-state index contributed by atoms with van der Waals surface area (Å²) in [6, 6.07) is 6.90. The van der Waals surface area contributed by atoms with Gasteiger partial charge in [-0.3, -0.25) is 4.79 Å². The van der Waals surface area contributed by atoms with Gasteiger partial charge in [-0.15, -0.1) is 0 Å². The second kappa shape index (κ2) is 11.6. The average molecular weight is 617 g/mol. The second-order valence-corrected chi connectivity index (χ2v) is 14.2. The Morgan fingerprint density at radius 2 is 1.20 bits per heavy atom. The minimum atomic E-state index is -4.00. The van der Waals surface area contributed by atoms with Gasteiger partial charge in [0.2, 0.25) is 20.0 Å². The molecule has 0 radical (unpaired) electrons. The fourth-order valence-corrected chi connectivity index (χ4v) is 9.76. The molecule has 6 atom stereocenters. The first-order chi connectivity index (χ1) is 19.4. The first-order valence-corrected chi connectivity index (χ1v) is 15.9. The third-order valence-electron chi connectivity index (χ3n) is 8.02. The van der Waals surface area contributed by atoms with Crippen molar-refractivity contribution < 1.29 is 50.1 Å². The van der Waals surface area contributed by atoms with E-state index in [4.69, 9.17) is 9.47 Å².